The second-order valence-electron chi connectivity index (χ2n) is 7.23. The molecule has 0 aromatic carbocycles. The van der Waals surface area contributed by atoms with E-state index in [0.717, 1.165) is 54.1 Å². The molecular formula is C18H26N4O3S. The number of hydrogen-bond acceptors (Lipinski definition) is 6. The Morgan fingerprint density at radius 1 is 1.31 bits per heavy atom. The SMILES string of the molecule is Cc1c(CNCCN)sc2c1c(=O)n(C1CC1)c(=O)n2CC1CCCO1. The van der Waals surface area contributed by atoms with Crippen LogP contribution < -0.4 is 22.3 Å². The lowest BCUT2D eigenvalue weighted by atomic mass is 10.2. The number of nitrogens with two attached hydrogens (primary N) is 1. The van der Waals surface area contributed by atoms with E-state index in [0.29, 0.717) is 25.0 Å². The fourth-order valence-corrected chi connectivity index (χ4v) is 4.96. The highest BCUT2D eigenvalue weighted by atomic mass is 32.1. The molecule has 3 heterocycles. The number of aromatic nitrogens is 2. The quantitative estimate of drug-likeness (QED) is 0.704. The van der Waals surface area contributed by atoms with E-state index in [1.807, 2.05) is 6.92 Å². The van der Waals surface area contributed by atoms with Crippen LogP contribution in [0.5, 0.6) is 0 Å². The van der Waals surface area contributed by atoms with Crippen molar-refractivity contribution < 1.29 is 4.74 Å². The summed E-state index contributed by atoms with van der Waals surface area (Å²) in [6, 6.07) is 0.0632. The van der Waals surface area contributed by atoms with E-state index in [1.54, 1.807) is 15.9 Å². The van der Waals surface area contributed by atoms with E-state index >= 15 is 0 Å². The Morgan fingerprint density at radius 3 is 2.77 bits per heavy atom. The Labute approximate surface area is 155 Å². The predicted molar refractivity (Wildman–Crippen MR) is 103 cm³/mol. The van der Waals surface area contributed by atoms with Crippen molar-refractivity contribution in [2.24, 2.45) is 5.73 Å². The smallest absolute Gasteiger partial charge is 0.332 e. The number of rotatable bonds is 7. The molecule has 1 saturated carbocycles. The summed E-state index contributed by atoms with van der Waals surface area (Å²) in [6.45, 7) is 5.22. The van der Waals surface area contributed by atoms with Gasteiger partial charge in [0, 0.05) is 37.2 Å². The number of ether oxygens (including phenoxy) is 1. The lowest BCUT2D eigenvalue weighted by Crippen LogP contribution is -2.40. The predicted octanol–water partition coefficient (Wildman–Crippen LogP) is 1.10. The Morgan fingerprint density at radius 2 is 2.12 bits per heavy atom. The zero-order chi connectivity index (χ0) is 18.3. The molecule has 1 atom stereocenters. The number of nitrogens with zero attached hydrogens (tertiary/aromatic N) is 2. The van der Waals surface area contributed by atoms with Gasteiger partial charge in [0.1, 0.15) is 4.83 Å². The number of aryl methyl sites for hydroxylation is 1. The van der Waals surface area contributed by atoms with Crippen LogP contribution in [0.4, 0.5) is 0 Å². The maximum absolute atomic E-state index is 13.1. The molecule has 2 aromatic rings. The van der Waals surface area contributed by atoms with Gasteiger partial charge < -0.3 is 15.8 Å². The minimum atomic E-state index is -0.178. The van der Waals surface area contributed by atoms with Crippen molar-refractivity contribution in [2.75, 3.05) is 19.7 Å². The van der Waals surface area contributed by atoms with Gasteiger partial charge in [-0.3, -0.25) is 13.9 Å². The molecule has 26 heavy (non-hydrogen) atoms. The molecule has 1 aliphatic heterocycles. The first-order valence-electron chi connectivity index (χ1n) is 9.41. The average molecular weight is 378 g/mol. The summed E-state index contributed by atoms with van der Waals surface area (Å²) in [5.41, 5.74) is 6.23. The molecule has 1 aliphatic carbocycles. The molecule has 2 fully saturated rings. The van der Waals surface area contributed by atoms with Crippen molar-refractivity contribution in [1.29, 1.82) is 0 Å². The number of thiophene rings is 1. The van der Waals surface area contributed by atoms with Crippen LogP contribution in [-0.2, 0) is 17.8 Å². The summed E-state index contributed by atoms with van der Waals surface area (Å²) in [5.74, 6) is 0. The maximum atomic E-state index is 13.1. The Bertz CT molecular complexity index is 919. The molecule has 2 aliphatic rings. The summed E-state index contributed by atoms with van der Waals surface area (Å²) in [6.07, 6.45) is 3.87. The molecule has 0 radical (unpaired) electrons. The minimum absolute atomic E-state index is 0.0577. The van der Waals surface area contributed by atoms with Crippen molar-refractivity contribution in [2.45, 2.75) is 57.8 Å². The lowest BCUT2D eigenvalue weighted by Gasteiger charge is -2.15. The van der Waals surface area contributed by atoms with Crippen molar-refractivity contribution in [1.82, 2.24) is 14.5 Å². The van der Waals surface area contributed by atoms with Gasteiger partial charge in [0.25, 0.3) is 5.56 Å². The zero-order valence-corrected chi connectivity index (χ0v) is 15.9. The van der Waals surface area contributed by atoms with E-state index < -0.39 is 0 Å². The lowest BCUT2D eigenvalue weighted by molar-refractivity contribution is 0.0966. The third-order valence-corrected chi connectivity index (χ3v) is 6.59. The van der Waals surface area contributed by atoms with Crippen LogP contribution in [-0.4, -0.2) is 34.9 Å². The summed E-state index contributed by atoms with van der Waals surface area (Å²) >= 11 is 1.54. The highest BCUT2D eigenvalue weighted by molar-refractivity contribution is 7.18. The molecule has 3 N–H and O–H groups in total. The summed E-state index contributed by atoms with van der Waals surface area (Å²) in [4.78, 5) is 28.1. The number of hydrogen-bond donors (Lipinski definition) is 2. The largest absolute Gasteiger partial charge is 0.376 e. The first-order valence-corrected chi connectivity index (χ1v) is 10.2. The number of fused-ring (bicyclic) bond motifs is 1. The van der Waals surface area contributed by atoms with Gasteiger partial charge in [0.2, 0.25) is 0 Å². The third-order valence-electron chi connectivity index (χ3n) is 5.27. The molecule has 1 unspecified atom stereocenters. The summed E-state index contributed by atoms with van der Waals surface area (Å²) in [7, 11) is 0. The van der Waals surface area contributed by atoms with Crippen molar-refractivity contribution in [3.05, 3.63) is 31.3 Å². The van der Waals surface area contributed by atoms with Gasteiger partial charge in [0.05, 0.1) is 18.0 Å². The van der Waals surface area contributed by atoms with E-state index in [9.17, 15) is 9.59 Å². The standard InChI is InChI=1S/C18H26N4O3S/c1-11-14(9-20-7-6-19)26-17-15(11)16(23)22(12-4-5-12)18(24)21(17)10-13-3-2-8-25-13/h12-13,20H,2-10,19H2,1H3. The van der Waals surface area contributed by atoms with Crippen molar-refractivity contribution in [3.63, 3.8) is 0 Å². The van der Waals surface area contributed by atoms with Gasteiger partial charge >= 0.3 is 5.69 Å². The number of nitrogens with one attached hydrogen (secondary N) is 1. The Hall–Kier alpha value is -1.48. The van der Waals surface area contributed by atoms with Crippen LogP contribution in [0.2, 0.25) is 0 Å². The van der Waals surface area contributed by atoms with E-state index in [4.69, 9.17) is 10.5 Å². The van der Waals surface area contributed by atoms with Crippen LogP contribution in [0.15, 0.2) is 9.59 Å². The average Bonchev–Trinajstić information content (AvgIpc) is 3.20. The maximum Gasteiger partial charge on any atom is 0.332 e. The molecular weight excluding hydrogens is 352 g/mol. The summed E-state index contributed by atoms with van der Waals surface area (Å²) in [5, 5.41) is 3.99. The molecule has 7 nitrogen and oxygen atoms in total. The van der Waals surface area contributed by atoms with Gasteiger partial charge in [0.15, 0.2) is 0 Å². The first-order chi connectivity index (χ1) is 12.6. The van der Waals surface area contributed by atoms with Gasteiger partial charge in [-0.25, -0.2) is 4.79 Å². The molecule has 1 saturated heterocycles. The molecule has 8 heteroatoms. The molecule has 2 aromatic heterocycles. The zero-order valence-electron chi connectivity index (χ0n) is 15.1. The fourth-order valence-electron chi connectivity index (χ4n) is 3.69. The van der Waals surface area contributed by atoms with Crippen LogP contribution in [0.1, 0.15) is 42.2 Å². The van der Waals surface area contributed by atoms with E-state index in [2.05, 4.69) is 5.32 Å². The highest BCUT2D eigenvalue weighted by Gasteiger charge is 2.31. The molecule has 0 amide bonds. The first kappa shape index (κ1) is 17.9. The van der Waals surface area contributed by atoms with Gasteiger partial charge in [-0.1, -0.05) is 0 Å². The molecule has 142 valence electrons. The second-order valence-corrected chi connectivity index (χ2v) is 8.31. The molecule has 0 spiro atoms. The minimum Gasteiger partial charge on any atom is -0.376 e. The van der Waals surface area contributed by atoms with Crippen LogP contribution in [0, 0.1) is 6.92 Å². The Kier molecular flexibility index (Phi) is 5.00. The van der Waals surface area contributed by atoms with Crippen LogP contribution >= 0.6 is 11.3 Å². The second kappa shape index (κ2) is 7.26. The summed E-state index contributed by atoms with van der Waals surface area (Å²) < 4.78 is 9.02. The molecule has 0 bridgehead atoms. The van der Waals surface area contributed by atoms with Crippen LogP contribution in [0.3, 0.4) is 0 Å². The monoisotopic (exact) mass is 378 g/mol. The third kappa shape index (κ3) is 3.15. The van der Waals surface area contributed by atoms with Gasteiger partial charge in [-0.15, -0.1) is 11.3 Å². The fraction of sp³-hybridized carbons (Fsp3) is 0.667. The Balaban J connectivity index is 1.84. The van der Waals surface area contributed by atoms with E-state index in [1.165, 1.54) is 4.57 Å². The highest BCUT2D eigenvalue weighted by Crippen LogP contribution is 2.34. The van der Waals surface area contributed by atoms with Gasteiger partial charge in [-0.2, -0.15) is 0 Å². The van der Waals surface area contributed by atoms with Crippen molar-refractivity contribution in [3.8, 4) is 0 Å². The van der Waals surface area contributed by atoms with Crippen LogP contribution in [0.25, 0.3) is 10.2 Å². The normalized spacial score (nSPS) is 20.3. The van der Waals surface area contributed by atoms with E-state index in [-0.39, 0.29) is 23.4 Å². The molecule has 4 rings (SSSR count). The topological polar surface area (TPSA) is 91.3 Å². The van der Waals surface area contributed by atoms with Crippen molar-refractivity contribution >= 4 is 21.6 Å². The van der Waals surface area contributed by atoms with Gasteiger partial charge in [-0.05, 0) is 38.2 Å².